The zero-order chi connectivity index (χ0) is 10.8. The van der Waals surface area contributed by atoms with Gasteiger partial charge in [-0.3, -0.25) is 4.21 Å². The quantitative estimate of drug-likeness (QED) is 0.712. The Hall–Kier alpha value is -0.630. The number of benzene rings is 1. The predicted octanol–water partition coefficient (Wildman–Crippen LogP) is 2.73. The molecule has 2 atom stereocenters. The van der Waals surface area contributed by atoms with Gasteiger partial charge in [0.1, 0.15) is 0 Å². The second kappa shape index (κ2) is 4.05. The highest BCUT2D eigenvalue weighted by molar-refractivity contribution is 7.85. The molecule has 2 unspecified atom stereocenters. The fraction of sp³-hybridized carbons (Fsp3) is 0.455. The first-order valence-corrected chi connectivity index (χ1v) is 5.52. The summed E-state index contributed by atoms with van der Waals surface area (Å²) in [6.45, 7) is 5.69. The van der Waals surface area contributed by atoms with Crippen LogP contribution < -0.4 is 0 Å². The maximum absolute atomic E-state index is 11.9. The summed E-state index contributed by atoms with van der Waals surface area (Å²) < 4.78 is 19.4. The SMILES string of the molecule is [2H]C(c1ccccc1)S(=O)C(C)(C)C. The molecule has 0 spiro atoms. The van der Waals surface area contributed by atoms with E-state index in [0.29, 0.717) is 0 Å². The first kappa shape index (κ1) is 8.95. The molecule has 1 aromatic carbocycles. The summed E-state index contributed by atoms with van der Waals surface area (Å²) in [5.41, 5.74) is 0.178. The van der Waals surface area contributed by atoms with Crippen molar-refractivity contribution in [3.05, 3.63) is 35.9 Å². The molecular weight excluding hydrogens is 180 g/mol. The van der Waals surface area contributed by atoms with Gasteiger partial charge in [-0.2, -0.15) is 0 Å². The van der Waals surface area contributed by atoms with Gasteiger partial charge < -0.3 is 0 Å². The van der Waals surface area contributed by atoms with Crippen LogP contribution in [0.4, 0.5) is 0 Å². The Labute approximate surface area is 84.0 Å². The van der Waals surface area contributed by atoms with Crippen LogP contribution in [0.5, 0.6) is 0 Å². The van der Waals surface area contributed by atoms with Crippen molar-refractivity contribution in [3.63, 3.8) is 0 Å². The van der Waals surface area contributed by atoms with Crippen LogP contribution in [0.25, 0.3) is 0 Å². The largest absolute Gasteiger partial charge is 0.259 e. The first-order chi connectivity index (χ1) is 6.43. The third-order valence-corrected chi connectivity index (χ3v) is 3.34. The summed E-state index contributed by atoms with van der Waals surface area (Å²) >= 11 is 0. The molecule has 2 heteroatoms. The minimum atomic E-state index is -1.17. The van der Waals surface area contributed by atoms with Crippen molar-refractivity contribution < 1.29 is 5.58 Å². The molecule has 0 aromatic heterocycles. The van der Waals surface area contributed by atoms with Crippen LogP contribution in [-0.2, 0) is 16.5 Å². The standard InChI is InChI=1S/C11H16OS/c1-11(2,3)13(12)9-10-7-5-4-6-8-10/h4-8H,9H2,1-3H3/i9D. The van der Waals surface area contributed by atoms with Gasteiger partial charge in [0, 0.05) is 22.6 Å². The van der Waals surface area contributed by atoms with Crippen molar-refractivity contribution in [2.24, 2.45) is 0 Å². The molecule has 0 bridgehead atoms. The third kappa shape index (κ3) is 3.31. The number of hydrogen-bond acceptors (Lipinski definition) is 1. The summed E-state index contributed by atoms with van der Waals surface area (Å²) in [5.74, 6) is 0. The van der Waals surface area contributed by atoms with Crippen LogP contribution in [0, 0.1) is 0 Å². The van der Waals surface area contributed by atoms with E-state index in [1.54, 1.807) is 0 Å². The van der Waals surface area contributed by atoms with Gasteiger partial charge in [-0.05, 0) is 26.3 Å². The smallest absolute Gasteiger partial charge is 0.0490 e. The molecule has 1 nitrogen and oxygen atoms in total. The molecule has 0 amide bonds. The van der Waals surface area contributed by atoms with E-state index >= 15 is 0 Å². The van der Waals surface area contributed by atoms with Crippen molar-refractivity contribution in [2.75, 3.05) is 0 Å². The minimum absolute atomic E-state index is 0.331. The summed E-state index contributed by atoms with van der Waals surface area (Å²) in [7, 11) is -1.17. The van der Waals surface area contributed by atoms with Gasteiger partial charge in [0.05, 0.1) is 0 Å². The number of hydrogen-bond donors (Lipinski definition) is 0. The molecule has 13 heavy (non-hydrogen) atoms. The highest BCUT2D eigenvalue weighted by Crippen LogP contribution is 2.15. The van der Waals surface area contributed by atoms with Crippen molar-refractivity contribution in [1.29, 1.82) is 0 Å². The van der Waals surface area contributed by atoms with E-state index in [2.05, 4.69) is 0 Å². The Kier molecular flexibility index (Phi) is 2.79. The van der Waals surface area contributed by atoms with Crippen LogP contribution >= 0.6 is 0 Å². The Morgan fingerprint density at radius 2 is 1.85 bits per heavy atom. The van der Waals surface area contributed by atoms with Gasteiger partial charge in [0.2, 0.25) is 0 Å². The zero-order valence-corrected chi connectivity index (χ0v) is 9.10. The summed E-state index contributed by atoms with van der Waals surface area (Å²) in [5, 5.41) is 0. The lowest BCUT2D eigenvalue weighted by atomic mass is 10.2. The molecule has 0 radical (unpaired) electrons. The monoisotopic (exact) mass is 197 g/mol. The third-order valence-electron chi connectivity index (χ3n) is 1.65. The van der Waals surface area contributed by atoms with E-state index in [9.17, 15) is 4.21 Å². The average molecular weight is 197 g/mol. The Morgan fingerprint density at radius 1 is 1.31 bits per heavy atom. The van der Waals surface area contributed by atoms with Crippen LogP contribution in [0.15, 0.2) is 30.3 Å². The van der Waals surface area contributed by atoms with Crippen molar-refractivity contribution in [1.82, 2.24) is 0 Å². The molecule has 1 aromatic rings. The van der Waals surface area contributed by atoms with Gasteiger partial charge >= 0.3 is 0 Å². The highest BCUT2D eigenvalue weighted by atomic mass is 32.2. The van der Waals surface area contributed by atoms with E-state index in [-0.39, 0.29) is 4.75 Å². The van der Waals surface area contributed by atoms with Crippen LogP contribution in [0.1, 0.15) is 27.7 Å². The molecule has 0 N–H and O–H groups in total. The second-order valence-corrected chi connectivity index (χ2v) is 5.99. The van der Waals surface area contributed by atoms with Gasteiger partial charge in [0.15, 0.2) is 0 Å². The van der Waals surface area contributed by atoms with Crippen molar-refractivity contribution >= 4 is 10.8 Å². The van der Waals surface area contributed by atoms with Crippen LogP contribution in [-0.4, -0.2) is 8.96 Å². The lowest BCUT2D eigenvalue weighted by Crippen LogP contribution is -2.22. The summed E-state index contributed by atoms with van der Waals surface area (Å²) in [6, 6.07) is 9.34. The fourth-order valence-corrected chi connectivity index (χ4v) is 1.59. The Bertz CT molecular complexity index is 316. The molecule has 0 saturated carbocycles. The van der Waals surface area contributed by atoms with E-state index < -0.39 is 16.5 Å². The molecule has 0 saturated heterocycles. The van der Waals surface area contributed by atoms with Gasteiger partial charge in [0.25, 0.3) is 0 Å². The zero-order valence-electron chi connectivity index (χ0n) is 9.28. The molecule has 72 valence electrons. The van der Waals surface area contributed by atoms with Gasteiger partial charge in [-0.15, -0.1) is 0 Å². The molecular formula is C11H16OS. The molecule has 1 rings (SSSR count). The topological polar surface area (TPSA) is 17.1 Å². The maximum atomic E-state index is 11.9. The first-order valence-electron chi connectivity index (χ1n) is 4.88. The lowest BCUT2D eigenvalue weighted by molar-refractivity contribution is 0.648. The molecule has 0 aliphatic heterocycles. The summed E-state index contributed by atoms with van der Waals surface area (Å²) in [4.78, 5) is 0. The normalized spacial score (nSPS) is 17.6. The minimum Gasteiger partial charge on any atom is -0.259 e. The van der Waals surface area contributed by atoms with Gasteiger partial charge in [-0.1, -0.05) is 30.3 Å². The van der Waals surface area contributed by atoms with E-state index in [1.165, 1.54) is 0 Å². The Balaban J connectivity index is 2.87. The number of rotatable bonds is 2. The van der Waals surface area contributed by atoms with E-state index in [4.69, 9.17) is 1.37 Å². The van der Waals surface area contributed by atoms with Crippen molar-refractivity contribution in [3.8, 4) is 0 Å². The predicted molar refractivity (Wildman–Crippen MR) is 58.0 cm³/mol. The molecule has 0 fully saturated rings. The van der Waals surface area contributed by atoms with Crippen LogP contribution in [0.2, 0.25) is 0 Å². The Morgan fingerprint density at radius 3 is 2.31 bits per heavy atom. The highest BCUT2D eigenvalue weighted by Gasteiger charge is 2.18. The summed E-state index contributed by atoms with van der Waals surface area (Å²) in [6.07, 6.45) is 0. The molecule has 0 aliphatic rings. The van der Waals surface area contributed by atoms with Crippen molar-refractivity contribution in [2.45, 2.75) is 31.2 Å². The van der Waals surface area contributed by atoms with E-state index in [0.717, 1.165) is 5.56 Å². The molecule has 0 heterocycles. The average Bonchev–Trinajstić information content (AvgIpc) is 2.15. The van der Waals surface area contributed by atoms with Crippen LogP contribution in [0.3, 0.4) is 0 Å². The van der Waals surface area contributed by atoms with E-state index in [1.807, 2.05) is 51.1 Å². The molecule has 0 aliphatic carbocycles. The fourth-order valence-electron chi connectivity index (χ4n) is 0.832. The maximum Gasteiger partial charge on any atom is 0.0490 e. The van der Waals surface area contributed by atoms with Gasteiger partial charge in [-0.25, -0.2) is 0 Å². The second-order valence-electron chi connectivity index (χ2n) is 3.94. The lowest BCUT2D eigenvalue weighted by Gasteiger charge is -2.17.